The van der Waals surface area contributed by atoms with Crippen LogP contribution in [0.1, 0.15) is 34.9 Å². The predicted octanol–water partition coefficient (Wildman–Crippen LogP) is 0.511. The van der Waals surface area contributed by atoms with E-state index in [0.29, 0.717) is 6.61 Å². The second kappa shape index (κ2) is 8.18. The van der Waals surface area contributed by atoms with Crippen molar-refractivity contribution in [3.63, 3.8) is 0 Å². The van der Waals surface area contributed by atoms with Gasteiger partial charge < -0.3 is 19.7 Å². The first-order valence-electron chi connectivity index (χ1n) is 8.82. The number of rotatable bonds is 6. The number of ether oxygens (including phenoxy) is 2. The largest absolute Gasteiger partial charge is 0.394 e. The highest BCUT2D eigenvalue weighted by Gasteiger charge is 2.35. The Morgan fingerprint density at radius 2 is 1.96 bits per heavy atom. The number of hydrogen-bond acceptors (Lipinski definition) is 6. The van der Waals surface area contributed by atoms with Gasteiger partial charge in [-0.15, -0.1) is 0 Å². The molecule has 8 heteroatoms. The van der Waals surface area contributed by atoms with Crippen LogP contribution in [0, 0.1) is 13.8 Å². The van der Waals surface area contributed by atoms with Crippen LogP contribution >= 0.6 is 0 Å². The minimum absolute atomic E-state index is 0.0299. The van der Waals surface area contributed by atoms with Crippen LogP contribution in [-0.2, 0) is 22.7 Å². The number of benzene rings is 1. The van der Waals surface area contributed by atoms with Crippen LogP contribution in [0.4, 0.5) is 0 Å². The number of nitrogens with one attached hydrogen (secondary N) is 1. The fourth-order valence-corrected chi connectivity index (χ4v) is 3.23. The van der Waals surface area contributed by atoms with Gasteiger partial charge in [0.2, 0.25) is 0 Å². The molecule has 1 aliphatic heterocycles. The Hall–Kier alpha value is -2.26. The van der Waals surface area contributed by atoms with Gasteiger partial charge in [-0.05, 0) is 30.5 Å². The van der Waals surface area contributed by atoms with Crippen LogP contribution in [0.3, 0.4) is 0 Å². The summed E-state index contributed by atoms with van der Waals surface area (Å²) in [6.45, 7) is 4.03. The van der Waals surface area contributed by atoms with Gasteiger partial charge in [0.25, 0.3) is 5.56 Å². The highest BCUT2D eigenvalue weighted by molar-refractivity contribution is 5.32. The molecule has 3 N–H and O–H groups in total. The number of hydrogen-bond donors (Lipinski definition) is 3. The van der Waals surface area contributed by atoms with Gasteiger partial charge in [-0.2, -0.15) is 0 Å². The summed E-state index contributed by atoms with van der Waals surface area (Å²) in [6, 6.07) is 5.97. The third-order valence-corrected chi connectivity index (χ3v) is 4.88. The van der Waals surface area contributed by atoms with Crippen LogP contribution in [0.2, 0.25) is 0 Å². The van der Waals surface area contributed by atoms with Gasteiger partial charge in [0, 0.05) is 12.6 Å². The zero-order valence-corrected chi connectivity index (χ0v) is 15.3. The summed E-state index contributed by atoms with van der Waals surface area (Å²) in [7, 11) is 0. The van der Waals surface area contributed by atoms with E-state index in [9.17, 15) is 19.8 Å². The van der Waals surface area contributed by atoms with E-state index in [1.807, 2.05) is 32.0 Å². The molecule has 0 bridgehead atoms. The Kier molecular flexibility index (Phi) is 5.91. The fraction of sp³-hybridized carbons (Fsp3) is 0.474. The normalized spacial score (nSPS) is 22.3. The summed E-state index contributed by atoms with van der Waals surface area (Å²) in [5.74, 6) is 0. The number of aliphatic hydroxyl groups excluding tert-OH is 2. The van der Waals surface area contributed by atoms with Crippen molar-refractivity contribution in [2.75, 3.05) is 6.61 Å². The summed E-state index contributed by atoms with van der Waals surface area (Å²) in [5.41, 5.74) is 2.42. The van der Waals surface area contributed by atoms with Gasteiger partial charge in [-0.25, -0.2) is 4.79 Å². The summed E-state index contributed by atoms with van der Waals surface area (Å²) in [6.07, 6.45) is -0.831. The average molecular weight is 376 g/mol. The third-order valence-electron chi connectivity index (χ3n) is 4.88. The molecule has 2 aromatic rings. The van der Waals surface area contributed by atoms with E-state index in [1.54, 1.807) is 0 Å². The Labute approximate surface area is 156 Å². The van der Waals surface area contributed by atoms with Crippen molar-refractivity contribution in [3.8, 4) is 0 Å². The van der Waals surface area contributed by atoms with Crippen molar-refractivity contribution in [2.24, 2.45) is 0 Å². The fourth-order valence-electron chi connectivity index (χ4n) is 3.23. The second-order valence-electron chi connectivity index (χ2n) is 6.80. The highest BCUT2D eigenvalue weighted by atomic mass is 16.5. The van der Waals surface area contributed by atoms with Gasteiger partial charge in [0.05, 0.1) is 31.5 Å². The van der Waals surface area contributed by atoms with Crippen LogP contribution < -0.4 is 11.2 Å². The van der Waals surface area contributed by atoms with Crippen LogP contribution in [0.5, 0.6) is 0 Å². The van der Waals surface area contributed by atoms with Crippen molar-refractivity contribution in [1.82, 2.24) is 9.55 Å². The van der Waals surface area contributed by atoms with Crippen LogP contribution in [-0.4, -0.2) is 38.6 Å². The number of aromatic nitrogens is 2. The van der Waals surface area contributed by atoms with E-state index in [-0.39, 0.29) is 25.2 Å². The SMILES string of the molecule is Cc1cccc(C)c1COCc1cn([C@H]2C[C@@H](O)[C@@H](CO)O2)c(=O)[nH]c1=O. The molecule has 146 valence electrons. The van der Waals surface area contributed by atoms with Crippen LogP contribution in [0.25, 0.3) is 0 Å². The van der Waals surface area contributed by atoms with Crippen molar-refractivity contribution in [3.05, 3.63) is 67.5 Å². The lowest BCUT2D eigenvalue weighted by atomic mass is 10.0. The molecular formula is C19H24N2O6. The summed E-state index contributed by atoms with van der Waals surface area (Å²) in [4.78, 5) is 26.4. The molecular weight excluding hydrogens is 352 g/mol. The molecule has 1 aromatic heterocycles. The molecule has 0 radical (unpaired) electrons. The minimum atomic E-state index is -0.873. The Morgan fingerprint density at radius 3 is 2.59 bits per heavy atom. The van der Waals surface area contributed by atoms with Crippen molar-refractivity contribution in [1.29, 1.82) is 0 Å². The molecule has 3 rings (SSSR count). The Bertz CT molecular complexity index is 899. The molecule has 0 amide bonds. The summed E-state index contributed by atoms with van der Waals surface area (Å²) < 4.78 is 12.4. The maximum atomic E-state index is 12.1. The van der Waals surface area contributed by atoms with E-state index in [0.717, 1.165) is 16.7 Å². The third kappa shape index (κ3) is 4.19. The van der Waals surface area contributed by atoms with Gasteiger partial charge in [0.15, 0.2) is 0 Å². The smallest absolute Gasteiger partial charge is 0.330 e. The maximum absolute atomic E-state index is 12.1. The molecule has 1 fully saturated rings. The summed E-state index contributed by atoms with van der Waals surface area (Å²) >= 11 is 0. The molecule has 0 aliphatic carbocycles. The molecule has 27 heavy (non-hydrogen) atoms. The second-order valence-corrected chi connectivity index (χ2v) is 6.80. The predicted molar refractivity (Wildman–Crippen MR) is 97.4 cm³/mol. The van der Waals surface area contributed by atoms with Crippen LogP contribution in [0.15, 0.2) is 34.0 Å². The lowest BCUT2D eigenvalue weighted by Crippen LogP contribution is -2.34. The van der Waals surface area contributed by atoms with Gasteiger partial charge in [-0.3, -0.25) is 14.3 Å². The minimum Gasteiger partial charge on any atom is -0.394 e. The number of aromatic amines is 1. The quantitative estimate of drug-likeness (QED) is 0.677. The zero-order chi connectivity index (χ0) is 19.6. The van der Waals surface area contributed by atoms with E-state index < -0.39 is 29.7 Å². The first-order chi connectivity index (χ1) is 12.9. The number of aryl methyl sites for hydroxylation is 2. The molecule has 1 saturated heterocycles. The Morgan fingerprint density at radius 1 is 1.26 bits per heavy atom. The molecule has 0 spiro atoms. The molecule has 3 atom stereocenters. The van der Waals surface area contributed by atoms with Crippen molar-refractivity contribution in [2.45, 2.75) is 51.9 Å². The lowest BCUT2D eigenvalue weighted by Gasteiger charge is -2.15. The average Bonchev–Trinajstić information content (AvgIpc) is 2.99. The molecule has 1 aliphatic rings. The highest BCUT2D eigenvalue weighted by Crippen LogP contribution is 2.27. The maximum Gasteiger partial charge on any atom is 0.330 e. The van der Waals surface area contributed by atoms with Gasteiger partial charge in [0.1, 0.15) is 12.3 Å². The molecule has 2 heterocycles. The molecule has 1 aromatic carbocycles. The molecule has 8 nitrogen and oxygen atoms in total. The lowest BCUT2D eigenvalue weighted by molar-refractivity contribution is -0.0461. The van der Waals surface area contributed by atoms with Crippen molar-refractivity contribution >= 4 is 0 Å². The monoisotopic (exact) mass is 376 g/mol. The number of nitrogens with zero attached hydrogens (tertiary/aromatic N) is 1. The van der Waals surface area contributed by atoms with E-state index >= 15 is 0 Å². The van der Waals surface area contributed by atoms with E-state index in [4.69, 9.17) is 9.47 Å². The molecule has 0 unspecified atom stereocenters. The van der Waals surface area contributed by atoms with E-state index in [2.05, 4.69) is 4.98 Å². The van der Waals surface area contributed by atoms with E-state index in [1.165, 1.54) is 10.8 Å². The first kappa shape index (κ1) is 19.5. The Balaban J connectivity index is 1.75. The number of H-pyrrole nitrogens is 1. The topological polar surface area (TPSA) is 114 Å². The van der Waals surface area contributed by atoms with Crippen molar-refractivity contribution < 1.29 is 19.7 Å². The molecule has 0 saturated carbocycles. The standard InChI is InChI=1S/C19H24N2O6/c1-11-4-3-5-12(2)14(11)10-26-9-13-7-21(19(25)20-18(13)24)17-6-15(23)16(8-22)27-17/h3-5,7,15-17,22-23H,6,8-10H2,1-2H3,(H,20,24,25)/t15-,16-,17-/m1/s1. The summed E-state index contributed by atoms with van der Waals surface area (Å²) in [5, 5.41) is 19.0. The van der Waals surface area contributed by atoms with Gasteiger partial charge >= 0.3 is 5.69 Å². The van der Waals surface area contributed by atoms with Gasteiger partial charge in [-0.1, -0.05) is 18.2 Å². The zero-order valence-electron chi connectivity index (χ0n) is 15.3. The number of aliphatic hydroxyl groups is 2. The first-order valence-corrected chi connectivity index (χ1v) is 8.82.